The number of aryl methyl sites for hydroxylation is 1. The third-order valence-corrected chi connectivity index (χ3v) is 7.70. The van der Waals surface area contributed by atoms with Crippen molar-refractivity contribution in [1.29, 1.82) is 0 Å². The van der Waals surface area contributed by atoms with Gasteiger partial charge in [-0.25, -0.2) is 9.59 Å². The molecular formula is C38H32O9S. The van der Waals surface area contributed by atoms with Crippen molar-refractivity contribution < 1.29 is 43.2 Å². The Balaban J connectivity index is 1.26. The number of rotatable bonds is 14. The van der Waals surface area contributed by atoms with Crippen molar-refractivity contribution in [2.45, 2.75) is 17.7 Å². The van der Waals surface area contributed by atoms with E-state index in [4.69, 9.17) is 18.9 Å². The third kappa shape index (κ3) is 10.3. The molecule has 0 aliphatic rings. The van der Waals surface area contributed by atoms with Gasteiger partial charge in [-0.15, -0.1) is 0 Å². The summed E-state index contributed by atoms with van der Waals surface area (Å²) < 4.78 is 21.2. The Bertz CT molecular complexity index is 1860. The molecule has 0 aliphatic carbocycles. The smallest absolute Gasteiger partial charge is 0.336 e. The van der Waals surface area contributed by atoms with E-state index in [2.05, 4.69) is 6.58 Å². The normalized spacial score (nSPS) is 10.9. The van der Waals surface area contributed by atoms with Crippen molar-refractivity contribution in [1.82, 2.24) is 0 Å². The number of benzene rings is 4. The summed E-state index contributed by atoms with van der Waals surface area (Å²) in [6.45, 7) is 3.48. The maximum Gasteiger partial charge on any atom is 0.336 e. The Morgan fingerprint density at radius 1 is 0.729 bits per heavy atom. The first-order valence-electron chi connectivity index (χ1n) is 14.6. The van der Waals surface area contributed by atoms with Gasteiger partial charge in [0.05, 0.1) is 14.2 Å². The van der Waals surface area contributed by atoms with Gasteiger partial charge in [0, 0.05) is 29.0 Å². The van der Waals surface area contributed by atoms with Crippen LogP contribution in [-0.2, 0) is 20.8 Å². The number of allylic oxidation sites excluding steroid dienone is 1. The van der Waals surface area contributed by atoms with Crippen LogP contribution >= 0.6 is 11.8 Å². The van der Waals surface area contributed by atoms with Crippen LogP contribution in [0.3, 0.4) is 0 Å². The molecule has 10 heteroatoms. The van der Waals surface area contributed by atoms with Gasteiger partial charge in [0.25, 0.3) is 0 Å². The molecule has 1 N–H and O–H groups in total. The van der Waals surface area contributed by atoms with Crippen LogP contribution in [0, 0.1) is 0 Å². The van der Waals surface area contributed by atoms with Crippen molar-refractivity contribution in [3.8, 4) is 28.7 Å². The highest BCUT2D eigenvalue weighted by atomic mass is 32.2. The fraction of sp³-hybridized carbons (Fsp3) is 0.105. The number of ether oxygens (including phenoxy) is 4. The number of thioether (sulfide) groups is 1. The van der Waals surface area contributed by atoms with Crippen molar-refractivity contribution >= 4 is 46.8 Å². The van der Waals surface area contributed by atoms with E-state index in [0.29, 0.717) is 40.4 Å². The highest BCUT2D eigenvalue weighted by Crippen LogP contribution is 2.28. The Hall–Kier alpha value is -5.87. The molecule has 0 radical (unpaired) electrons. The van der Waals surface area contributed by atoms with E-state index in [0.717, 1.165) is 22.9 Å². The van der Waals surface area contributed by atoms with Crippen LogP contribution in [0.25, 0.3) is 12.2 Å². The summed E-state index contributed by atoms with van der Waals surface area (Å²) in [5.74, 6) is 0.221. The molecule has 0 unspecified atom stereocenters. The summed E-state index contributed by atoms with van der Waals surface area (Å²) in [6.07, 6.45) is 7.82. The lowest BCUT2D eigenvalue weighted by molar-refractivity contribution is -0.129. The molecular weight excluding hydrogens is 632 g/mol. The van der Waals surface area contributed by atoms with Gasteiger partial charge in [-0.2, -0.15) is 0 Å². The number of esters is 2. The number of phenols is 1. The van der Waals surface area contributed by atoms with Gasteiger partial charge in [0.15, 0.2) is 17.3 Å². The van der Waals surface area contributed by atoms with Crippen LogP contribution in [0.4, 0.5) is 0 Å². The van der Waals surface area contributed by atoms with Crippen LogP contribution in [-0.4, -0.2) is 42.2 Å². The first kappa shape index (κ1) is 35.0. The van der Waals surface area contributed by atoms with Crippen molar-refractivity contribution in [3.63, 3.8) is 0 Å². The zero-order valence-electron chi connectivity index (χ0n) is 26.2. The molecule has 4 aromatic carbocycles. The van der Waals surface area contributed by atoms with Gasteiger partial charge in [0.1, 0.15) is 17.2 Å². The van der Waals surface area contributed by atoms with Gasteiger partial charge in [-0.3, -0.25) is 9.59 Å². The topological polar surface area (TPSA) is 125 Å². The maximum atomic E-state index is 12.8. The molecule has 0 saturated carbocycles. The SMILES string of the molecule is C=CC(=O)CCc1ccc(/C=C/C(=O)Oc2ccc(SC(=O)c3ccc(OC(=O)/C=C/c4ccc(O)c(OC)c4)cc3)cc2)cc1OC. The number of ketones is 1. The molecule has 0 saturated heterocycles. The van der Waals surface area contributed by atoms with E-state index >= 15 is 0 Å². The molecule has 0 spiro atoms. The van der Waals surface area contributed by atoms with E-state index in [-0.39, 0.29) is 28.1 Å². The second-order valence-electron chi connectivity index (χ2n) is 10.1. The molecule has 0 aromatic heterocycles. The molecule has 244 valence electrons. The van der Waals surface area contributed by atoms with Crippen LogP contribution < -0.4 is 18.9 Å². The van der Waals surface area contributed by atoms with Gasteiger partial charge in [-0.05, 0) is 120 Å². The average Bonchev–Trinajstić information content (AvgIpc) is 3.10. The lowest BCUT2D eigenvalue weighted by Gasteiger charge is -2.09. The van der Waals surface area contributed by atoms with E-state index in [1.165, 1.54) is 49.6 Å². The Morgan fingerprint density at radius 3 is 1.83 bits per heavy atom. The predicted molar refractivity (Wildman–Crippen MR) is 184 cm³/mol. The number of hydrogen-bond donors (Lipinski definition) is 1. The number of aromatic hydroxyl groups is 1. The lowest BCUT2D eigenvalue weighted by Crippen LogP contribution is -2.04. The first-order valence-corrected chi connectivity index (χ1v) is 15.4. The maximum absolute atomic E-state index is 12.8. The minimum Gasteiger partial charge on any atom is -0.504 e. The van der Waals surface area contributed by atoms with E-state index < -0.39 is 11.9 Å². The highest BCUT2D eigenvalue weighted by Gasteiger charge is 2.11. The number of carbonyl (C=O) groups is 4. The van der Waals surface area contributed by atoms with Crippen molar-refractivity contribution in [2.24, 2.45) is 0 Å². The highest BCUT2D eigenvalue weighted by molar-refractivity contribution is 8.14. The summed E-state index contributed by atoms with van der Waals surface area (Å²) in [6, 6.07) is 22.8. The zero-order chi connectivity index (χ0) is 34.5. The number of phenolic OH excluding ortho intramolecular Hbond substituents is 1. The van der Waals surface area contributed by atoms with Crippen molar-refractivity contribution in [3.05, 3.63) is 132 Å². The van der Waals surface area contributed by atoms with Gasteiger partial charge < -0.3 is 24.1 Å². The largest absolute Gasteiger partial charge is 0.504 e. The summed E-state index contributed by atoms with van der Waals surface area (Å²) in [5, 5.41) is 9.46. The lowest BCUT2D eigenvalue weighted by atomic mass is 10.0. The summed E-state index contributed by atoms with van der Waals surface area (Å²) in [4.78, 5) is 49.6. The first-order chi connectivity index (χ1) is 23.2. The minimum absolute atomic E-state index is 0.00905. The summed E-state index contributed by atoms with van der Waals surface area (Å²) in [5.41, 5.74) is 2.64. The Morgan fingerprint density at radius 2 is 1.27 bits per heavy atom. The summed E-state index contributed by atoms with van der Waals surface area (Å²) in [7, 11) is 2.97. The molecule has 9 nitrogen and oxygen atoms in total. The molecule has 0 heterocycles. The molecule has 4 aromatic rings. The van der Waals surface area contributed by atoms with E-state index in [1.54, 1.807) is 67.8 Å². The Labute approximate surface area is 282 Å². The zero-order valence-corrected chi connectivity index (χ0v) is 27.0. The Kier molecular flexibility index (Phi) is 12.5. The number of methoxy groups -OCH3 is 2. The fourth-order valence-electron chi connectivity index (χ4n) is 4.26. The molecule has 0 bridgehead atoms. The second-order valence-corrected chi connectivity index (χ2v) is 11.1. The molecule has 0 fully saturated rings. The predicted octanol–water partition coefficient (Wildman–Crippen LogP) is 7.27. The standard InChI is InChI=1S/C38H32O9S/c1-4-29(39)13-10-27-9-5-25(23-34(27)44-2)7-21-37(42)47-31-16-18-32(19-17-31)48-38(43)28-11-14-30(15-12-28)46-36(41)22-8-26-6-20-33(40)35(24-26)45-3/h4-9,11-12,14-24,40H,1,10,13H2,2-3H3/b21-7+,22-8+. The van der Waals surface area contributed by atoms with E-state index in [9.17, 15) is 24.3 Å². The second kappa shape index (κ2) is 17.2. The number of hydrogen-bond acceptors (Lipinski definition) is 10. The van der Waals surface area contributed by atoms with Crippen molar-refractivity contribution in [2.75, 3.05) is 14.2 Å². The van der Waals surface area contributed by atoms with Gasteiger partial charge in [-0.1, -0.05) is 24.8 Å². The molecule has 48 heavy (non-hydrogen) atoms. The fourth-order valence-corrected chi connectivity index (χ4v) is 5.00. The van der Waals surface area contributed by atoms with Crippen LogP contribution in [0.2, 0.25) is 0 Å². The molecule has 4 rings (SSSR count). The minimum atomic E-state index is -0.615. The van der Waals surface area contributed by atoms with Crippen LogP contribution in [0.5, 0.6) is 28.7 Å². The quantitative estimate of drug-likeness (QED) is 0.0637. The number of carbonyl (C=O) groups excluding carboxylic acids is 4. The average molecular weight is 665 g/mol. The van der Waals surface area contributed by atoms with Gasteiger partial charge in [0.2, 0.25) is 5.12 Å². The third-order valence-electron chi connectivity index (χ3n) is 6.77. The molecule has 0 atom stereocenters. The van der Waals surface area contributed by atoms with E-state index in [1.807, 2.05) is 12.1 Å². The molecule has 0 amide bonds. The van der Waals surface area contributed by atoms with Gasteiger partial charge >= 0.3 is 11.9 Å². The van der Waals surface area contributed by atoms with Crippen LogP contribution in [0.15, 0.2) is 115 Å². The summed E-state index contributed by atoms with van der Waals surface area (Å²) >= 11 is 0.996. The monoisotopic (exact) mass is 664 g/mol. The molecule has 0 aliphatic heterocycles. The van der Waals surface area contributed by atoms with Crippen LogP contribution in [0.1, 0.15) is 33.5 Å².